The van der Waals surface area contributed by atoms with Crippen LogP contribution >= 0.6 is 0 Å². The Morgan fingerprint density at radius 2 is 1.65 bits per heavy atom. The van der Waals surface area contributed by atoms with E-state index in [-0.39, 0.29) is 11.3 Å². The summed E-state index contributed by atoms with van der Waals surface area (Å²) in [4.78, 5) is 11.0. The minimum Gasteiger partial charge on any atom is -0.507 e. The molecule has 0 saturated heterocycles. The standard InChI is InChI=1S/C13H9FO3/c14-10-6-3-5-9(12(10)13(16)17)8-4-1-2-7-11(8)15/h1-7,15H,(H,16,17). The fourth-order valence-corrected chi connectivity index (χ4v) is 1.67. The molecule has 2 N–H and O–H groups in total. The van der Waals surface area contributed by atoms with Gasteiger partial charge in [0.15, 0.2) is 0 Å². The summed E-state index contributed by atoms with van der Waals surface area (Å²) in [6.45, 7) is 0. The van der Waals surface area contributed by atoms with Gasteiger partial charge in [-0.05, 0) is 12.1 Å². The van der Waals surface area contributed by atoms with Crippen LogP contribution in [0.2, 0.25) is 0 Å². The molecule has 0 aliphatic rings. The molecular weight excluding hydrogens is 223 g/mol. The van der Waals surface area contributed by atoms with Crippen molar-refractivity contribution < 1.29 is 19.4 Å². The Labute approximate surface area is 96.8 Å². The van der Waals surface area contributed by atoms with E-state index < -0.39 is 17.3 Å². The number of phenols is 1. The lowest BCUT2D eigenvalue weighted by Crippen LogP contribution is -2.03. The van der Waals surface area contributed by atoms with Gasteiger partial charge in [0.1, 0.15) is 17.1 Å². The van der Waals surface area contributed by atoms with Gasteiger partial charge in [0.2, 0.25) is 0 Å². The monoisotopic (exact) mass is 232 g/mol. The molecule has 3 nitrogen and oxygen atoms in total. The molecule has 0 unspecified atom stereocenters. The maximum Gasteiger partial charge on any atom is 0.339 e. The molecule has 0 radical (unpaired) electrons. The Morgan fingerprint density at radius 1 is 1.00 bits per heavy atom. The minimum absolute atomic E-state index is 0.0828. The quantitative estimate of drug-likeness (QED) is 0.836. The van der Waals surface area contributed by atoms with Crippen molar-refractivity contribution in [2.24, 2.45) is 0 Å². The number of halogens is 1. The summed E-state index contributed by atoms with van der Waals surface area (Å²) < 4.78 is 13.5. The van der Waals surface area contributed by atoms with Gasteiger partial charge >= 0.3 is 5.97 Å². The number of benzene rings is 2. The van der Waals surface area contributed by atoms with Gasteiger partial charge in [-0.25, -0.2) is 9.18 Å². The number of para-hydroxylation sites is 1. The third kappa shape index (κ3) is 1.97. The Kier molecular flexibility index (Phi) is 2.78. The van der Waals surface area contributed by atoms with Gasteiger partial charge in [0.25, 0.3) is 0 Å². The number of carbonyl (C=O) groups is 1. The lowest BCUT2D eigenvalue weighted by Gasteiger charge is -2.08. The zero-order chi connectivity index (χ0) is 12.4. The highest BCUT2D eigenvalue weighted by Gasteiger charge is 2.18. The summed E-state index contributed by atoms with van der Waals surface area (Å²) in [7, 11) is 0. The van der Waals surface area contributed by atoms with Crippen LogP contribution in [0, 0.1) is 5.82 Å². The molecule has 2 aromatic rings. The lowest BCUT2D eigenvalue weighted by molar-refractivity contribution is 0.0693. The second-order valence-corrected chi connectivity index (χ2v) is 3.48. The second kappa shape index (κ2) is 4.25. The Morgan fingerprint density at radius 3 is 2.29 bits per heavy atom. The molecule has 0 atom stereocenters. The van der Waals surface area contributed by atoms with E-state index in [0.29, 0.717) is 5.56 Å². The molecule has 0 amide bonds. The van der Waals surface area contributed by atoms with E-state index in [1.807, 2.05) is 0 Å². The van der Waals surface area contributed by atoms with Crippen LogP contribution in [0.3, 0.4) is 0 Å². The molecule has 2 rings (SSSR count). The van der Waals surface area contributed by atoms with Crippen LogP contribution in [-0.2, 0) is 0 Å². The van der Waals surface area contributed by atoms with Gasteiger partial charge in [-0.1, -0.05) is 30.3 Å². The highest BCUT2D eigenvalue weighted by atomic mass is 19.1. The van der Waals surface area contributed by atoms with E-state index in [0.717, 1.165) is 6.07 Å². The van der Waals surface area contributed by atoms with Crippen LogP contribution in [-0.4, -0.2) is 16.2 Å². The first-order chi connectivity index (χ1) is 8.11. The average Bonchev–Trinajstić information content (AvgIpc) is 2.28. The van der Waals surface area contributed by atoms with Crippen LogP contribution in [0.1, 0.15) is 10.4 Å². The normalized spacial score (nSPS) is 10.2. The predicted molar refractivity (Wildman–Crippen MR) is 60.5 cm³/mol. The van der Waals surface area contributed by atoms with E-state index in [1.165, 1.54) is 24.3 Å². The minimum atomic E-state index is -1.36. The molecule has 0 saturated carbocycles. The summed E-state index contributed by atoms with van der Waals surface area (Å²) in [6.07, 6.45) is 0. The number of hydrogen-bond acceptors (Lipinski definition) is 2. The molecule has 0 aromatic heterocycles. The molecule has 0 bridgehead atoms. The summed E-state index contributed by atoms with van der Waals surface area (Å²) in [5.41, 5.74) is 0.0222. The zero-order valence-electron chi connectivity index (χ0n) is 8.72. The highest BCUT2D eigenvalue weighted by molar-refractivity contribution is 5.97. The molecular formula is C13H9FO3. The molecule has 2 aromatic carbocycles. The molecule has 86 valence electrons. The lowest BCUT2D eigenvalue weighted by atomic mass is 9.98. The zero-order valence-corrected chi connectivity index (χ0v) is 8.72. The van der Waals surface area contributed by atoms with Crippen molar-refractivity contribution in [1.29, 1.82) is 0 Å². The largest absolute Gasteiger partial charge is 0.507 e. The van der Waals surface area contributed by atoms with Gasteiger partial charge in [0.05, 0.1) is 0 Å². The SMILES string of the molecule is O=C(O)c1c(F)cccc1-c1ccccc1O. The number of carboxylic acids is 1. The molecule has 0 heterocycles. The van der Waals surface area contributed by atoms with Crippen LogP contribution in [0.25, 0.3) is 11.1 Å². The molecule has 0 aliphatic carbocycles. The summed E-state index contributed by atoms with van der Waals surface area (Å²) in [5.74, 6) is -2.26. The third-order valence-corrected chi connectivity index (χ3v) is 2.42. The van der Waals surface area contributed by atoms with Gasteiger partial charge in [-0.2, -0.15) is 0 Å². The van der Waals surface area contributed by atoms with Gasteiger partial charge in [-0.3, -0.25) is 0 Å². The molecule has 0 aliphatic heterocycles. The van der Waals surface area contributed by atoms with Gasteiger partial charge in [-0.15, -0.1) is 0 Å². The predicted octanol–water partition coefficient (Wildman–Crippen LogP) is 2.90. The first-order valence-electron chi connectivity index (χ1n) is 4.91. The third-order valence-electron chi connectivity index (χ3n) is 2.42. The smallest absolute Gasteiger partial charge is 0.339 e. The Hall–Kier alpha value is -2.36. The Balaban J connectivity index is 2.72. The molecule has 0 fully saturated rings. The number of rotatable bonds is 2. The van der Waals surface area contributed by atoms with E-state index >= 15 is 0 Å². The Bertz CT molecular complexity index is 579. The molecule has 0 spiro atoms. The van der Waals surface area contributed by atoms with E-state index in [1.54, 1.807) is 12.1 Å². The van der Waals surface area contributed by atoms with E-state index in [2.05, 4.69) is 0 Å². The first-order valence-corrected chi connectivity index (χ1v) is 4.91. The van der Waals surface area contributed by atoms with Crippen molar-refractivity contribution in [2.45, 2.75) is 0 Å². The van der Waals surface area contributed by atoms with Crippen molar-refractivity contribution in [2.75, 3.05) is 0 Å². The van der Waals surface area contributed by atoms with Gasteiger partial charge in [0, 0.05) is 11.1 Å². The number of aromatic carboxylic acids is 1. The van der Waals surface area contributed by atoms with Crippen LogP contribution < -0.4 is 0 Å². The summed E-state index contributed by atoms with van der Waals surface area (Å²) >= 11 is 0. The van der Waals surface area contributed by atoms with Crippen LogP contribution in [0.4, 0.5) is 4.39 Å². The fraction of sp³-hybridized carbons (Fsp3) is 0. The first kappa shape index (κ1) is 11.1. The average molecular weight is 232 g/mol. The fourth-order valence-electron chi connectivity index (χ4n) is 1.67. The van der Waals surface area contributed by atoms with Crippen molar-refractivity contribution in [3.63, 3.8) is 0 Å². The van der Waals surface area contributed by atoms with E-state index in [9.17, 15) is 14.3 Å². The maximum absolute atomic E-state index is 13.5. The van der Waals surface area contributed by atoms with Crippen LogP contribution in [0.5, 0.6) is 5.75 Å². The highest BCUT2D eigenvalue weighted by Crippen LogP contribution is 2.32. The van der Waals surface area contributed by atoms with Crippen molar-refractivity contribution >= 4 is 5.97 Å². The van der Waals surface area contributed by atoms with Gasteiger partial charge < -0.3 is 10.2 Å². The second-order valence-electron chi connectivity index (χ2n) is 3.48. The number of phenolic OH excluding ortho intramolecular Hbond substituents is 1. The van der Waals surface area contributed by atoms with Crippen LogP contribution in [0.15, 0.2) is 42.5 Å². The van der Waals surface area contributed by atoms with Crippen molar-refractivity contribution in [3.8, 4) is 16.9 Å². The number of aromatic hydroxyl groups is 1. The maximum atomic E-state index is 13.5. The molecule has 4 heteroatoms. The summed E-state index contributed by atoms with van der Waals surface area (Å²) in [6, 6.07) is 10.2. The summed E-state index contributed by atoms with van der Waals surface area (Å²) in [5, 5.41) is 18.6. The topological polar surface area (TPSA) is 57.5 Å². The van der Waals surface area contributed by atoms with Crippen molar-refractivity contribution in [1.82, 2.24) is 0 Å². The number of hydrogen-bond donors (Lipinski definition) is 2. The molecule has 17 heavy (non-hydrogen) atoms. The number of carboxylic acid groups (broad SMARTS) is 1. The van der Waals surface area contributed by atoms with E-state index in [4.69, 9.17) is 5.11 Å². The van der Waals surface area contributed by atoms with Crippen molar-refractivity contribution in [3.05, 3.63) is 53.8 Å².